The molecule has 0 saturated carbocycles. The summed E-state index contributed by atoms with van der Waals surface area (Å²) in [7, 11) is 3.17. The number of hydrogen-bond acceptors (Lipinski definition) is 4. The molecule has 0 spiro atoms. The highest BCUT2D eigenvalue weighted by atomic mass is 79.9. The summed E-state index contributed by atoms with van der Waals surface area (Å²) < 4.78 is 8.67. The van der Waals surface area contributed by atoms with Crippen LogP contribution in [0.5, 0.6) is 0 Å². The van der Waals surface area contributed by atoms with E-state index in [2.05, 4.69) is 21.2 Å². The van der Waals surface area contributed by atoms with Gasteiger partial charge in [0.1, 0.15) is 4.47 Å². The first-order valence-corrected chi connectivity index (χ1v) is 8.77. The third-order valence-electron chi connectivity index (χ3n) is 4.10. The molecule has 1 heterocycles. The lowest BCUT2D eigenvalue weighted by Crippen LogP contribution is -2.20. The first kappa shape index (κ1) is 18.0. The van der Waals surface area contributed by atoms with Crippen LogP contribution >= 0.6 is 15.9 Å². The average Bonchev–Trinajstić information content (AvgIpc) is 2.89. The number of benzene rings is 2. The van der Waals surface area contributed by atoms with E-state index in [1.807, 2.05) is 43.4 Å². The number of rotatable bonds is 5. The number of nitrogens with zero attached hydrogens (tertiary/aromatic N) is 2. The van der Waals surface area contributed by atoms with Crippen molar-refractivity contribution in [1.29, 1.82) is 0 Å². The molecular weight excluding hydrogens is 398 g/mol. The zero-order chi connectivity index (χ0) is 18.7. The Kier molecular flexibility index (Phi) is 5.27. The lowest BCUT2D eigenvalue weighted by molar-refractivity contribution is 0.0602. The predicted molar refractivity (Wildman–Crippen MR) is 104 cm³/mol. The summed E-state index contributed by atoms with van der Waals surface area (Å²) in [6, 6.07) is 16.5. The van der Waals surface area contributed by atoms with Gasteiger partial charge >= 0.3 is 5.97 Å². The van der Waals surface area contributed by atoms with Gasteiger partial charge in [0.15, 0.2) is 0 Å². The van der Waals surface area contributed by atoms with Crippen molar-refractivity contribution in [3.05, 3.63) is 80.7 Å². The van der Waals surface area contributed by atoms with Crippen molar-refractivity contribution in [2.24, 2.45) is 7.05 Å². The lowest BCUT2D eigenvalue weighted by Gasteiger charge is -2.13. The Balaban J connectivity index is 1.94. The maximum Gasteiger partial charge on any atom is 0.339 e. The Labute approximate surface area is 159 Å². The smallest absolute Gasteiger partial charge is 0.339 e. The van der Waals surface area contributed by atoms with Crippen LogP contribution in [0.25, 0.3) is 5.69 Å². The van der Waals surface area contributed by atoms with Gasteiger partial charge < -0.3 is 10.1 Å². The zero-order valence-corrected chi connectivity index (χ0v) is 16.0. The molecule has 134 valence electrons. The van der Waals surface area contributed by atoms with Gasteiger partial charge in [-0.2, -0.15) is 0 Å². The molecule has 0 aliphatic heterocycles. The maximum atomic E-state index is 12.6. The molecule has 1 aromatic heterocycles. The van der Waals surface area contributed by atoms with E-state index < -0.39 is 5.97 Å². The molecule has 0 bridgehead atoms. The number of aromatic nitrogens is 2. The summed E-state index contributed by atoms with van der Waals surface area (Å²) in [5.74, 6) is -0.414. The molecule has 2 aromatic carbocycles. The Morgan fingerprint density at radius 3 is 2.46 bits per heavy atom. The van der Waals surface area contributed by atoms with Gasteiger partial charge in [-0.3, -0.25) is 9.48 Å². The second-order valence-electron chi connectivity index (χ2n) is 5.63. The van der Waals surface area contributed by atoms with Crippen molar-refractivity contribution in [3.8, 4) is 5.69 Å². The highest BCUT2D eigenvalue weighted by Gasteiger charge is 2.18. The van der Waals surface area contributed by atoms with Crippen LogP contribution in [0.15, 0.2) is 63.9 Å². The minimum atomic E-state index is -0.414. The summed E-state index contributed by atoms with van der Waals surface area (Å²) in [6.07, 6.45) is 0. The highest BCUT2D eigenvalue weighted by molar-refractivity contribution is 9.10. The fraction of sp³-hybridized carbons (Fsp3) is 0.158. The van der Waals surface area contributed by atoms with Crippen molar-refractivity contribution in [3.63, 3.8) is 0 Å². The monoisotopic (exact) mass is 415 g/mol. The largest absolute Gasteiger partial charge is 0.465 e. The van der Waals surface area contributed by atoms with Gasteiger partial charge in [-0.05, 0) is 40.2 Å². The van der Waals surface area contributed by atoms with Crippen LogP contribution in [0.4, 0.5) is 5.69 Å². The first-order chi connectivity index (χ1) is 12.5. The number of hydrogen-bond donors (Lipinski definition) is 1. The second-order valence-corrected chi connectivity index (χ2v) is 6.42. The third kappa shape index (κ3) is 3.30. The minimum Gasteiger partial charge on any atom is -0.465 e. The predicted octanol–water partition coefficient (Wildman–Crippen LogP) is 3.34. The molecule has 0 aliphatic rings. The van der Waals surface area contributed by atoms with Gasteiger partial charge in [-0.15, -0.1) is 0 Å². The molecule has 1 N–H and O–H groups in total. The van der Waals surface area contributed by atoms with E-state index in [4.69, 9.17) is 4.74 Å². The standard InChI is InChI=1S/C19H18BrN3O3/c1-22-16(12-21-15-11-7-6-10-14(15)19(25)26-2)17(20)18(24)23(22)13-8-4-3-5-9-13/h3-11,21H,12H2,1-2H3. The topological polar surface area (TPSA) is 65.3 Å². The van der Waals surface area contributed by atoms with Crippen molar-refractivity contribution >= 4 is 27.6 Å². The van der Waals surface area contributed by atoms with Crippen LogP contribution in [0, 0.1) is 0 Å². The van der Waals surface area contributed by atoms with Gasteiger partial charge in [0.2, 0.25) is 0 Å². The number of esters is 1. The zero-order valence-electron chi connectivity index (χ0n) is 14.4. The number of carbonyl (C=O) groups is 1. The third-order valence-corrected chi connectivity index (χ3v) is 4.90. The van der Waals surface area contributed by atoms with Crippen LogP contribution in [0.1, 0.15) is 16.1 Å². The number of nitrogens with one attached hydrogen (secondary N) is 1. The molecule has 6 nitrogen and oxygen atoms in total. The van der Waals surface area contributed by atoms with Gasteiger partial charge in [0.05, 0.1) is 30.6 Å². The lowest BCUT2D eigenvalue weighted by atomic mass is 10.2. The fourth-order valence-electron chi connectivity index (χ4n) is 2.77. The molecule has 0 radical (unpaired) electrons. The van der Waals surface area contributed by atoms with Gasteiger partial charge in [-0.25, -0.2) is 9.48 Å². The van der Waals surface area contributed by atoms with Crippen LogP contribution in [-0.4, -0.2) is 22.4 Å². The normalized spacial score (nSPS) is 10.6. The molecule has 0 fully saturated rings. The highest BCUT2D eigenvalue weighted by Crippen LogP contribution is 2.20. The Hall–Kier alpha value is -2.80. The summed E-state index contributed by atoms with van der Waals surface area (Å²) in [5, 5.41) is 3.21. The number of halogens is 1. The summed E-state index contributed by atoms with van der Waals surface area (Å²) in [4.78, 5) is 24.5. The van der Waals surface area contributed by atoms with Gasteiger partial charge in [-0.1, -0.05) is 30.3 Å². The number of carbonyl (C=O) groups excluding carboxylic acids is 1. The first-order valence-electron chi connectivity index (χ1n) is 7.97. The summed E-state index contributed by atoms with van der Waals surface area (Å²) >= 11 is 3.40. The van der Waals surface area contributed by atoms with Crippen LogP contribution in [0.2, 0.25) is 0 Å². The van der Waals surface area contributed by atoms with E-state index in [0.29, 0.717) is 22.3 Å². The minimum absolute atomic E-state index is 0.142. The van der Waals surface area contributed by atoms with E-state index in [1.165, 1.54) is 7.11 Å². The molecule has 0 atom stereocenters. The van der Waals surface area contributed by atoms with Crippen LogP contribution in [0.3, 0.4) is 0 Å². The Morgan fingerprint density at radius 1 is 1.12 bits per heavy atom. The summed E-state index contributed by atoms with van der Waals surface area (Å²) in [5.41, 5.74) is 2.49. The average molecular weight is 416 g/mol. The number of ether oxygens (including phenoxy) is 1. The second kappa shape index (κ2) is 7.61. The van der Waals surface area contributed by atoms with E-state index in [0.717, 1.165) is 11.4 Å². The quantitative estimate of drug-likeness (QED) is 0.648. The van der Waals surface area contributed by atoms with Gasteiger partial charge in [0, 0.05) is 12.7 Å². The fourth-order valence-corrected chi connectivity index (χ4v) is 3.34. The van der Waals surface area contributed by atoms with E-state index in [-0.39, 0.29) is 5.56 Å². The van der Waals surface area contributed by atoms with Crippen LogP contribution < -0.4 is 10.9 Å². The SMILES string of the molecule is COC(=O)c1ccccc1NCc1c(Br)c(=O)n(-c2ccccc2)n1C. The molecule has 3 rings (SSSR count). The van der Waals surface area contributed by atoms with E-state index in [9.17, 15) is 9.59 Å². The molecule has 3 aromatic rings. The molecular formula is C19H18BrN3O3. The van der Waals surface area contributed by atoms with Crippen molar-refractivity contribution < 1.29 is 9.53 Å². The maximum absolute atomic E-state index is 12.6. The summed E-state index contributed by atoms with van der Waals surface area (Å²) in [6.45, 7) is 0.361. The molecule has 0 amide bonds. The number of methoxy groups -OCH3 is 1. The molecule has 0 aliphatic carbocycles. The van der Waals surface area contributed by atoms with E-state index in [1.54, 1.807) is 27.6 Å². The van der Waals surface area contributed by atoms with Crippen molar-refractivity contribution in [2.75, 3.05) is 12.4 Å². The van der Waals surface area contributed by atoms with Crippen molar-refractivity contribution in [1.82, 2.24) is 9.36 Å². The van der Waals surface area contributed by atoms with E-state index >= 15 is 0 Å². The number of anilines is 1. The Bertz CT molecular complexity index is 993. The molecule has 7 heteroatoms. The van der Waals surface area contributed by atoms with Crippen molar-refractivity contribution in [2.45, 2.75) is 6.54 Å². The van der Waals surface area contributed by atoms with Gasteiger partial charge in [0.25, 0.3) is 5.56 Å². The molecule has 26 heavy (non-hydrogen) atoms. The Morgan fingerprint density at radius 2 is 1.77 bits per heavy atom. The van der Waals surface area contributed by atoms with Crippen LogP contribution in [-0.2, 0) is 18.3 Å². The number of para-hydroxylation sites is 2. The molecule has 0 unspecified atom stereocenters. The molecule has 0 saturated heterocycles.